The summed E-state index contributed by atoms with van der Waals surface area (Å²) in [7, 11) is 2.94. The lowest BCUT2D eigenvalue weighted by atomic mass is 9.54. The molecule has 0 aromatic heterocycles. The zero-order chi connectivity index (χ0) is 24.8. The molecule has 0 spiro atoms. The number of rotatable bonds is 2. The summed E-state index contributed by atoms with van der Waals surface area (Å²) in [4.78, 5) is 40.2. The summed E-state index contributed by atoms with van der Waals surface area (Å²) in [5.41, 5.74) is -6.72. The van der Waals surface area contributed by atoms with Gasteiger partial charge in [-0.25, -0.2) is 0 Å². The molecule has 0 saturated carbocycles. The van der Waals surface area contributed by atoms with Gasteiger partial charge in [0.05, 0.1) is 40.7 Å². The van der Waals surface area contributed by atoms with Crippen LogP contribution in [-0.2, 0) is 15.2 Å². The van der Waals surface area contributed by atoms with E-state index in [2.05, 4.69) is 0 Å². The lowest BCUT2D eigenvalue weighted by molar-refractivity contribution is -0.173. The maximum Gasteiger partial charge on any atom is 0.209 e. The van der Waals surface area contributed by atoms with Gasteiger partial charge in [0.2, 0.25) is 5.78 Å². The molecule has 6 N–H and O–H groups in total. The topological polar surface area (TPSA) is 176 Å². The molecule has 33 heavy (non-hydrogen) atoms. The summed E-state index contributed by atoms with van der Waals surface area (Å²) in [6.07, 6.45) is -1.83. The highest BCUT2D eigenvalue weighted by atomic mass is 16.4. The molecule has 10 heteroatoms. The summed E-state index contributed by atoms with van der Waals surface area (Å²) in [6, 6.07) is 2.66. The van der Waals surface area contributed by atoms with Crippen molar-refractivity contribution in [1.29, 1.82) is 0 Å². The zero-order valence-corrected chi connectivity index (χ0v) is 18.4. The SMILES string of the molecule is CC(=O)C1=C(O)[C@@H](N(C)C)[C@@H]2[C@@H](O)[C@H]3C(=C(O)[C@]2(O)C1=O)C(=O)c1c(O)cccc1[C@@]3(C)O. The molecule has 6 atom stereocenters. The largest absolute Gasteiger partial charge is 0.510 e. The number of hydrogen-bond acceptors (Lipinski definition) is 10. The van der Waals surface area contributed by atoms with Gasteiger partial charge in [-0.1, -0.05) is 12.1 Å². The highest BCUT2D eigenvalue weighted by Gasteiger charge is 2.69. The Hall–Kier alpha value is -3.05. The number of phenolic OH excluding ortho intramolecular Hbond substituents is 1. The first-order valence-electron chi connectivity index (χ1n) is 10.3. The average Bonchev–Trinajstić information content (AvgIpc) is 2.70. The quantitative estimate of drug-likeness (QED) is 0.326. The van der Waals surface area contributed by atoms with E-state index in [1.165, 1.54) is 44.1 Å². The Morgan fingerprint density at radius 1 is 1.09 bits per heavy atom. The minimum atomic E-state index is -2.94. The molecule has 1 aromatic carbocycles. The van der Waals surface area contributed by atoms with Crippen molar-refractivity contribution in [1.82, 2.24) is 4.90 Å². The van der Waals surface area contributed by atoms with Gasteiger partial charge in [0.1, 0.15) is 22.8 Å². The van der Waals surface area contributed by atoms with E-state index in [0.717, 1.165) is 6.92 Å². The van der Waals surface area contributed by atoms with Crippen LogP contribution in [0.2, 0.25) is 0 Å². The molecule has 0 unspecified atom stereocenters. The predicted molar refractivity (Wildman–Crippen MR) is 112 cm³/mol. The third-order valence-corrected chi connectivity index (χ3v) is 7.14. The van der Waals surface area contributed by atoms with Gasteiger partial charge in [-0.15, -0.1) is 0 Å². The standard InChI is InChI=1S/C23H25NO9/c1-8(25)11-18(28)16(24(3)4)15-19(29)14-13(21(31)23(15,33)20(11)30)17(27)12-9(22(14,2)32)6-5-7-10(12)26/h5-7,14-16,19,26,28-29,31-33H,1-4H3/t14-,15-,16+,19+,22-,23-/m1/s1. The Bertz CT molecular complexity index is 1180. The first-order chi connectivity index (χ1) is 15.2. The van der Waals surface area contributed by atoms with E-state index >= 15 is 0 Å². The minimum absolute atomic E-state index is 0.00809. The summed E-state index contributed by atoms with van der Waals surface area (Å²) >= 11 is 0. The van der Waals surface area contributed by atoms with E-state index in [-0.39, 0.29) is 11.1 Å². The molecular formula is C23H25NO9. The van der Waals surface area contributed by atoms with E-state index in [9.17, 15) is 45.0 Å². The summed E-state index contributed by atoms with van der Waals surface area (Å²) in [5.74, 6) is -8.72. The normalized spacial score (nSPS) is 36.0. The van der Waals surface area contributed by atoms with E-state index in [4.69, 9.17) is 0 Å². The van der Waals surface area contributed by atoms with Crippen molar-refractivity contribution in [3.05, 3.63) is 52.0 Å². The van der Waals surface area contributed by atoms with E-state index in [1.54, 1.807) is 0 Å². The predicted octanol–water partition coefficient (Wildman–Crippen LogP) is -0.140. The molecule has 1 aromatic rings. The number of carbonyl (C=O) groups is 3. The van der Waals surface area contributed by atoms with Crippen LogP contribution in [0.3, 0.4) is 0 Å². The summed E-state index contributed by atoms with van der Waals surface area (Å²) in [5, 5.41) is 66.7. The number of benzene rings is 1. The van der Waals surface area contributed by atoms with Crippen molar-refractivity contribution < 1.29 is 45.0 Å². The smallest absolute Gasteiger partial charge is 0.209 e. The maximum atomic E-state index is 13.4. The van der Waals surface area contributed by atoms with E-state index in [1.807, 2.05) is 0 Å². The van der Waals surface area contributed by atoms with Crippen LogP contribution in [0, 0.1) is 11.8 Å². The van der Waals surface area contributed by atoms with E-state index < -0.39 is 80.9 Å². The summed E-state index contributed by atoms with van der Waals surface area (Å²) in [6.45, 7) is 2.27. The van der Waals surface area contributed by atoms with Crippen LogP contribution >= 0.6 is 0 Å². The molecule has 0 aliphatic heterocycles. The van der Waals surface area contributed by atoms with Crippen molar-refractivity contribution in [2.24, 2.45) is 11.8 Å². The van der Waals surface area contributed by atoms with Crippen LogP contribution in [-0.4, -0.2) is 84.7 Å². The Balaban J connectivity index is 2.10. The van der Waals surface area contributed by atoms with Crippen LogP contribution in [0.5, 0.6) is 5.75 Å². The van der Waals surface area contributed by atoms with Crippen LogP contribution in [0.4, 0.5) is 0 Å². The number of hydrogen-bond donors (Lipinski definition) is 6. The first-order valence-corrected chi connectivity index (χ1v) is 10.3. The van der Waals surface area contributed by atoms with Gasteiger partial charge in [-0.3, -0.25) is 19.3 Å². The monoisotopic (exact) mass is 459 g/mol. The van der Waals surface area contributed by atoms with Gasteiger partial charge in [0, 0.05) is 0 Å². The van der Waals surface area contributed by atoms with Crippen LogP contribution < -0.4 is 0 Å². The third kappa shape index (κ3) is 2.66. The molecule has 0 saturated heterocycles. The fraction of sp³-hybridized carbons (Fsp3) is 0.435. The zero-order valence-electron chi connectivity index (χ0n) is 18.4. The van der Waals surface area contributed by atoms with Gasteiger partial charge >= 0.3 is 0 Å². The van der Waals surface area contributed by atoms with Crippen LogP contribution in [0.25, 0.3) is 0 Å². The second-order valence-corrected chi connectivity index (χ2v) is 9.25. The molecule has 10 nitrogen and oxygen atoms in total. The highest BCUT2D eigenvalue weighted by Crippen LogP contribution is 2.56. The maximum absolute atomic E-state index is 13.4. The average molecular weight is 459 g/mol. The van der Waals surface area contributed by atoms with Gasteiger partial charge in [0.25, 0.3) is 0 Å². The number of likely N-dealkylation sites (N-methyl/N-ethyl adjacent to an activating group) is 1. The Labute approximate surface area is 188 Å². The molecule has 3 aliphatic rings. The third-order valence-electron chi connectivity index (χ3n) is 7.14. The Morgan fingerprint density at radius 2 is 1.70 bits per heavy atom. The van der Waals surface area contributed by atoms with Gasteiger partial charge in [0.15, 0.2) is 17.2 Å². The first kappa shape index (κ1) is 23.1. The molecule has 0 amide bonds. The molecule has 3 aliphatic carbocycles. The Kier molecular flexibility index (Phi) is 4.89. The molecule has 0 fully saturated rings. The second-order valence-electron chi connectivity index (χ2n) is 9.25. The number of carbonyl (C=O) groups excluding carboxylic acids is 3. The van der Waals surface area contributed by atoms with E-state index in [0.29, 0.717) is 0 Å². The van der Waals surface area contributed by atoms with Crippen molar-refractivity contribution in [2.45, 2.75) is 37.2 Å². The number of fused-ring (bicyclic) bond motifs is 3. The molecule has 176 valence electrons. The van der Waals surface area contributed by atoms with Gasteiger partial charge in [-0.2, -0.15) is 0 Å². The summed E-state index contributed by atoms with van der Waals surface area (Å²) < 4.78 is 0. The number of nitrogens with zero attached hydrogens (tertiary/aromatic N) is 1. The fourth-order valence-electron chi connectivity index (χ4n) is 5.71. The molecule has 0 radical (unpaired) electrons. The fourth-order valence-corrected chi connectivity index (χ4v) is 5.71. The number of phenols is 1. The minimum Gasteiger partial charge on any atom is -0.510 e. The lowest BCUT2D eigenvalue weighted by Gasteiger charge is -2.55. The van der Waals surface area contributed by atoms with Crippen LogP contribution in [0.15, 0.2) is 40.9 Å². The van der Waals surface area contributed by atoms with Crippen molar-refractivity contribution in [3.63, 3.8) is 0 Å². The number of Topliss-reactive ketones (excluding diaryl/α,β-unsaturated/α-hetero) is 3. The van der Waals surface area contributed by atoms with Crippen LogP contribution in [0.1, 0.15) is 29.8 Å². The van der Waals surface area contributed by atoms with Gasteiger partial charge < -0.3 is 30.6 Å². The lowest BCUT2D eigenvalue weighted by Crippen LogP contribution is -2.69. The highest BCUT2D eigenvalue weighted by molar-refractivity contribution is 6.25. The molecule has 0 heterocycles. The van der Waals surface area contributed by atoms with Gasteiger partial charge in [-0.05, 0) is 39.6 Å². The Morgan fingerprint density at radius 3 is 2.24 bits per heavy atom. The van der Waals surface area contributed by atoms with Crippen molar-refractivity contribution in [2.75, 3.05) is 14.1 Å². The molecular weight excluding hydrogens is 434 g/mol. The van der Waals surface area contributed by atoms with Crippen molar-refractivity contribution >= 4 is 17.3 Å². The number of ketones is 3. The number of aliphatic hydroxyl groups excluding tert-OH is 3. The second kappa shape index (κ2) is 6.97. The number of aliphatic hydroxyl groups is 5. The molecule has 4 rings (SSSR count). The molecule has 0 bridgehead atoms. The number of aromatic hydroxyl groups is 1. The van der Waals surface area contributed by atoms with Crippen molar-refractivity contribution in [3.8, 4) is 5.75 Å².